The summed E-state index contributed by atoms with van der Waals surface area (Å²) in [4.78, 5) is 26.1. The van der Waals surface area contributed by atoms with Crippen LogP contribution in [0, 0.1) is 0 Å². The highest BCUT2D eigenvalue weighted by Crippen LogP contribution is 2.30. The molecule has 9 heteroatoms. The summed E-state index contributed by atoms with van der Waals surface area (Å²) in [7, 11) is 1.61. The second-order valence-electron chi connectivity index (χ2n) is 6.25. The number of nitrogens with one attached hydrogen (secondary N) is 3. The van der Waals surface area contributed by atoms with Crippen LogP contribution >= 0.6 is 12.2 Å². The first kappa shape index (κ1) is 20.4. The number of carbonyl (C=O) groups is 2. The summed E-state index contributed by atoms with van der Waals surface area (Å²) >= 11 is 5.17. The number of amides is 2. The van der Waals surface area contributed by atoms with E-state index >= 15 is 0 Å². The van der Waals surface area contributed by atoms with Gasteiger partial charge in [-0.3, -0.25) is 25.3 Å². The van der Waals surface area contributed by atoms with Gasteiger partial charge in [0.05, 0.1) is 25.8 Å². The van der Waals surface area contributed by atoms with Crippen molar-refractivity contribution in [2.24, 2.45) is 0 Å². The van der Waals surface area contributed by atoms with Crippen LogP contribution in [0.4, 0.5) is 5.69 Å². The summed E-state index contributed by atoms with van der Waals surface area (Å²) < 4.78 is 10.7. The number of hydrogen-bond acceptors (Lipinski definition) is 5. The van der Waals surface area contributed by atoms with Crippen molar-refractivity contribution in [1.82, 2.24) is 16.2 Å². The molecule has 0 spiro atoms. The summed E-state index contributed by atoms with van der Waals surface area (Å²) in [5.41, 5.74) is 6.74. The summed E-state index contributed by atoms with van der Waals surface area (Å²) in [6.07, 6.45) is 0.206. The second kappa shape index (κ2) is 9.74. The minimum atomic E-state index is -0.399. The molecule has 2 amide bonds. The van der Waals surface area contributed by atoms with Crippen molar-refractivity contribution in [3.05, 3.63) is 54.1 Å². The average molecular weight is 414 g/mol. The lowest BCUT2D eigenvalue weighted by atomic mass is 10.2. The molecule has 0 fully saturated rings. The molecule has 0 atom stereocenters. The first-order valence-electron chi connectivity index (χ1n) is 9.04. The van der Waals surface area contributed by atoms with Crippen LogP contribution < -0.4 is 30.5 Å². The minimum absolute atomic E-state index is 0.146. The van der Waals surface area contributed by atoms with E-state index in [4.69, 9.17) is 21.7 Å². The number of rotatable bonds is 5. The number of hydrogen-bond donors (Lipinski definition) is 3. The van der Waals surface area contributed by atoms with Gasteiger partial charge in [0.1, 0.15) is 18.0 Å². The van der Waals surface area contributed by atoms with Crippen molar-refractivity contribution in [1.29, 1.82) is 0 Å². The molecule has 0 unspecified atom stereocenters. The van der Waals surface area contributed by atoms with Crippen LogP contribution in [0.1, 0.15) is 12.0 Å². The molecule has 29 heavy (non-hydrogen) atoms. The van der Waals surface area contributed by atoms with Crippen LogP contribution in [0.3, 0.4) is 0 Å². The van der Waals surface area contributed by atoms with Crippen LogP contribution in [0.2, 0.25) is 0 Å². The number of ether oxygens (including phenoxy) is 2. The van der Waals surface area contributed by atoms with Gasteiger partial charge < -0.3 is 14.8 Å². The highest BCUT2D eigenvalue weighted by Gasteiger charge is 2.24. The number of carbonyl (C=O) groups excluding carboxylic acids is 2. The molecular formula is C20H22N4O4S. The third-order valence-corrected chi connectivity index (χ3v) is 4.51. The van der Waals surface area contributed by atoms with Gasteiger partial charge in [0.15, 0.2) is 5.11 Å². The zero-order valence-corrected chi connectivity index (χ0v) is 16.8. The average Bonchev–Trinajstić information content (AvgIpc) is 2.90. The van der Waals surface area contributed by atoms with E-state index in [1.54, 1.807) is 25.3 Å². The topological polar surface area (TPSA) is 91.9 Å². The van der Waals surface area contributed by atoms with E-state index in [9.17, 15) is 9.59 Å². The first-order chi connectivity index (χ1) is 14.1. The molecule has 1 heterocycles. The Labute approximate surface area is 174 Å². The van der Waals surface area contributed by atoms with Gasteiger partial charge in [0.2, 0.25) is 5.91 Å². The largest absolute Gasteiger partial charge is 0.497 e. The van der Waals surface area contributed by atoms with Crippen LogP contribution in [0.5, 0.6) is 11.5 Å². The van der Waals surface area contributed by atoms with Crippen molar-refractivity contribution in [3.63, 3.8) is 0 Å². The number of nitrogens with zero attached hydrogens (tertiary/aromatic N) is 1. The lowest BCUT2D eigenvalue weighted by Gasteiger charge is -2.21. The molecule has 0 saturated heterocycles. The first-order valence-corrected chi connectivity index (χ1v) is 9.45. The Kier molecular flexibility index (Phi) is 6.85. The van der Waals surface area contributed by atoms with Crippen LogP contribution in [-0.4, -0.2) is 37.2 Å². The van der Waals surface area contributed by atoms with E-state index in [1.807, 2.05) is 30.3 Å². The molecule has 0 radical (unpaired) electrons. The highest BCUT2D eigenvalue weighted by molar-refractivity contribution is 7.80. The number of para-hydroxylation sites is 2. The lowest BCUT2D eigenvalue weighted by Crippen LogP contribution is -2.50. The summed E-state index contributed by atoms with van der Waals surface area (Å²) in [5, 5.41) is 3.26. The smallest absolute Gasteiger partial charge is 0.258 e. The zero-order valence-electron chi connectivity index (χ0n) is 15.9. The van der Waals surface area contributed by atoms with Crippen molar-refractivity contribution in [2.75, 3.05) is 25.2 Å². The van der Waals surface area contributed by atoms with E-state index in [2.05, 4.69) is 16.2 Å². The number of benzene rings is 2. The zero-order chi connectivity index (χ0) is 20.6. The number of anilines is 1. The van der Waals surface area contributed by atoms with Gasteiger partial charge in [-0.1, -0.05) is 24.3 Å². The Morgan fingerprint density at radius 2 is 1.93 bits per heavy atom. The molecule has 0 saturated carbocycles. The minimum Gasteiger partial charge on any atom is -0.497 e. The maximum absolute atomic E-state index is 12.4. The predicted octanol–water partition coefficient (Wildman–Crippen LogP) is 1.51. The molecule has 0 bridgehead atoms. The molecule has 0 aliphatic carbocycles. The van der Waals surface area contributed by atoms with Gasteiger partial charge in [-0.15, -0.1) is 0 Å². The molecule has 3 rings (SSSR count). The number of methoxy groups -OCH3 is 1. The second-order valence-corrected chi connectivity index (χ2v) is 6.66. The van der Waals surface area contributed by atoms with Crippen LogP contribution in [0.25, 0.3) is 0 Å². The lowest BCUT2D eigenvalue weighted by molar-refractivity contribution is -0.124. The van der Waals surface area contributed by atoms with Gasteiger partial charge in [0.25, 0.3) is 5.91 Å². The summed E-state index contributed by atoms with van der Waals surface area (Å²) in [5.74, 6) is 0.779. The van der Waals surface area contributed by atoms with Crippen LogP contribution in [0.15, 0.2) is 48.5 Å². The fourth-order valence-electron chi connectivity index (χ4n) is 2.77. The maximum Gasteiger partial charge on any atom is 0.258 e. The van der Waals surface area contributed by atoms with Gasteiger partial charge in [0, 0.05) is 6.54 Å². The third-order valence-electron chi connectivity index (χ3n) is 4.26. The Hall–Kier alpha value is -3.33. The molecule has 2 aromatic rings. The molecule has 3 N–H and O–H groups in total. The Balaban J connectivity index is 1.48. The Morgan fingerprint density at radius 3 is 2.69 bits per heavy atom. The third kappa shape index (κ3) is 5.58. The Morgan fingerprint density at radius 1 is 1.17 bits per heavy atom. The van der Waals surface area contributed by atoms with E-state index in [0.29, 0.717) is 18.0 Å². The quantitative estimate of drug-likeness (QED) is 0.505. The molecule has 2 aromatic carbocycles. The fraction of sp³-hybridized carbons (Fsp3) is 0.250. The molecule has 0 aromatic heterocycles. The highest BCUT2D eigenvalue weighted by atomic mass is 32.1. The van der Waals surface area contributed by atoms with Gasteiger partial charge in [-0.2, -0.15) is 0 Å². The maximum atomic E-state index is 12.4. The standard InChI is InChI=1S/C20H22N4O4S/c1-27-15-8-6-14(7-9-15)12-21-20(29)23-22-18(25)13-24-16-4-2-3-5-17(16)28-11-10-19(24)26/h2-9H,10-13H2,1H3,(H,22,25)(H2,21,23,29). The van der Waals surface area contributed by atoms with Crippen molar-refractivity contribution >= 4 is 34.8 Å². The SMILES string of the molecule is COc1ccc(CNC(=S)NNC(=O)CN2C(=O)CCOc3ccccc32)cc1. The molecule has 1 aliphatic heterocycles. The molecule has 1 aliphatic rings. The van der Waals surface area contributed by atoms with Crippen molar-refractivity contribution < 1.29 is 19.1 Å². The number of thiocarbonyl (C=S) groups is 1. The van der Waals surface area contributed by atoms with Crippen molar-refractivity contribution in [3.8, 4) is 11.5 Å². The molecule has 152 valence electrons. The summed E-state index contributed by atoms with van der Waals surface area (Å²) in [6, 6.07) is 14.7. The van der Waals surface area contributed by atoms with E-state index in [1.165, 1.54) is 4.90 Å². The van der Waals surface area contributed by atoms with Crippen LogP contribution in [-0.2, 0) is 16.1 Å². The van der Waals surface area contributed by atoms with Crippen molar-refractivity contribution in [2.45, 2.75) is 13.0 Å². The van der Waals surface area contributed by atoms with E-state index in [0.717, 1.165) is 11.3 Å². The van der Waals surface area contributed by atoms with Gasteiger partial charge >= 0.3 is 0 Å². The Bertz CT molecular complexity index is 888. The summed E-state index contributed by atoms with van der Waals surface area (Å²) in [6.45, 7) is 0.625. The fourth-order valence-corrected chi connectivity index (χ4v) is 2.90. The monoisotopic (exact) mass is 414 g/mol. The molecular weight excluding hydrogens is 392 g/mol. The molecule has 8 nitrogen and oxygen atoms in total. The van der Waals surface area contributed by atoms with E-state index < -0.39 is 5.91 Å². The van der Waals surface area contributed by atoms with E-state index in [-0.39, 0.29) is 30.6 Å². The number of hydrazine groups is 1. The van der Waals surface area contributed by atoms with Gasteiger partial charge in [-0.05, 0) is 42.0 Å². The predicted molar refractivity (Wildman–Crippen MR) is 113 cm³/mol. The van der Waals surface area contributed by atoms with Gasteiger partial charge in [-0.25, -0.2) is 0 Å². The number of fused-ring (bicyclic) bond motifs is 1. The normalized spacial score (nSPS) is 12.9.